The lowest BCUT2D eigenvalue weighted by Gasteiger charge is -2.34. The maximum absolute atomic E-state index is 11.3. The number of aryl methyl sites for hydroxylation is 1. The van der Waals surface area contributed by atoms with Gasteiger partial charge in [0.2, 0.25) is 0 Å². The molecule has 1 unspecified atom stereocenters. The van der Waals surface area contributed by atoms with Gasteiger partial charge in [-0.05, 0) is 25.7 Å². The Kier molecular flexibility index (Phi) is 4.31. The molecule has 0 aromatic carbocycles. The largest absolute Gasteiger partial charge is 0.467 e. The van der Waals surface area contributed by atoms with E-state index >= 15 is 0 Å². The number of hydrogen-bond donors (Lipinski definition) is 1. The fourth-order valence-electron chi connectivity index (χ4n) is 2.37. The Labute approximate surface area is 112 Å². The lowest BCUT2D eigenvalue weighted by atomic mass is 9.91. The molecule has 6 nitrogen and oxygen atoms in total. The van der Waals surface area contributed by atoms with Crippen LogP contribution in [-0.2, 0) is 9.53 Å². The van der Waals surface area contributed by atoms with Crippen molar-refractivity contribution in [2.75, 3.05) is 25.1 Å². The summed E-state index contributed by atoms with van der Waals surface area (Å²) in [5.74, 6) is 0.321. The summed E-state index contributed by atoms with van der Waals surface area (Å²) in [6, 6.07) is 1.94. The zero-order chi connectivity index (χ0) is 13.8. The minimum atomic E-state index is -1.01. The molecule has 1 aromatic heterocycles. The first-order valence-corrected chi connectivity index (χ1v) is 6.41. The minimum Gasteiger partial charge on any atom is -0.467 e. The predicted molar refractivity (Wildman–Crippen MR) is 69.7 cm³/mol. The number of hydrogen-bond acceptors (Lipinski definition) is 6. The van der Waals surface area contributed by atoms with Gasteiger partial charge in [0.15, 0.2) is 6.10 Å². The van der Waals surface area contributed by atoms with Crippen LogP contribution in [0.1, 0.15) is 18.5 Å². The SMILES string of the molecule is COC(=O)C(O)C1CCN(c2cc(C)ncn2)CC1. The summed E-state index contributed by atoms with van der Waals surface area (Å²) >= 11 is 0. The third-order valence-electron chi connectivity index (χ3n) is 3.54. The Hall–Kier alpha value is -1.69. The van der Waals surface area contributed by atoms with E-state index in [9.17, 15) is 9.90 Å². The highest BCUT2D eigenvalue weighted by atomic mass is 16.5. The van der Waals surface area contributed by atoms with Crippen molar-refractivity contribution in [2.24, 2.45) is 5.92 Å². The summed E-state index contributed by atoms with van der Waals surface area (Å²) in [5.41, 5.74) is 0.932. The summed E-state index contributed by atoms with van der Waals surface area (Å²) in [4.78, 5) is 21.8. The molecule has 1 atom stereocenters. The summed E-state index contributed by atoms with van der Waals surface area (Å²) < 4.78 is 4.57. The molecule has 0 saturated carbocycles. The minimum absolute atomic E-state index is 0.0355. The van der Waals surface area contributed by atoms with Gasteiger partial charge in [0.05, 0.1) is 7.11 Å². The first-order valence-electron chi connectivity index (χ1n) is 6.41. The van der Waals surface area contributed by atoms with Crippen molar-refractivity contribution in [3.63, 3.8) is 0 Å². The van der Waals surface area contributed by atoms with Gasteiger partial charge >= 0.3 is 5.97 Å². The lowest BCUT2D eigenvalue weighted by molar-refractivity contribution is -0.153. The molecule has 0 aliphatic carbocycles. The van der Waals surface area contributed by atoms with E-state index in [1.807, 2.05) is 13.0 Å². The summed E-state index contributed by atoms with van der Waals surface area (Å²) in [6.45, 7) is 3.48. The van der Waals surface area contributed by atoms with Crippen LogP contribution in [0.2, 0.25) is 0 Å². The smallest absolute Gasteiger partial charge is 0.334 e. The molecule has 1 aliphatic heterocycles. The normalized spacial score (nSPS) is 18.2. The molecular formula is C13H19N3O3. The molecule has 0 radical (unpaired) electrons. The second-order valence-electron chi connectivity index (χ2n) is 4.81. The second kappa shape index (κ2) is 5.97. The van der Waals surface area contributed by atoms with Crippen LogP contribution in [0, 0.1) is 12.8 Å². The molecule has 1 N–H and O–H groups in total. The zero-order valence-electron chi connectivity index (χ0n) is 11.2. The van der Waals surface area contributed by atoms with Gasteiger partial charge in [-0.1, -0.05) is 0 Å². The van der Waals surface area contributed by atoms with E-state index in [1.165, 1.54) is 7.11 Å². The number of ether oxygens (including phenoxy) is 1. The average molecular weight is 265 g/mol. The van der Waals surface area contributed by atoms with Gasteiger partial charge in [-0.15, -0.1) is 0 Å². The summed E-state index contributed by atoms with van der Waals surface area (Å²) in [6.07, 6.45) is 2.04. The number of aromatic nitrogens is 2. The fraction of sp³-hybridized carbons (Fsp3) is 0.615. The number of rotatable bonds is 3. The Morgan fingerprint density at radius 2 is 2.16 bits per heavy atom. The number of esters is 1. The molecule has 1 aliphatic rings. The van der Waals surface area contributed by atoms with E-state index < -0.39 is 12.1 Å². The molecule has 1 aromatic rings. The quantitative estimate of drug-likeness (QED) is 0.804. The monoisotopic (exact) mass is 265 g/mol. The van der Waals surface area contributed by atoms with Crippen LogP contribution in [0.25, 0.3) is 0 Å². The second-order valence-corrected chi connectivity index (χ2v) is 4.81. The van der Waals surface area contributed by atoms with Gasteiger partial charge < -0.3 is 14.7 Å². The molecule has 0 amide bonds. The molecule has 19 heavy (non-hydrogen) atoms. The zero-order valence-corrected chi connectivity index (χ0v) is 11.2. The molecule has 0 bridgehead atoms. The maximum atomic E-state index is 11.3. The first kappa shape index (κ1) is 13.7. The first-order chi connectivity index (χ1) is 9.11. The van der Waals surface area contributed by atoms with Gasteiger partial charge in [0.1, 0.15) is 12.1 Å². The van der Waals surface area contributed by atoms with Crippen molar-refractivity contribution in [3.05, 3.63) is 18.1 Å². The molecule has 6 heteroatoms. The molecule has 2 heterocycles. The van der Waals surface area contributed by atoms with Crippen LogP contribution in [0.5, 0.6) is 0 Å². The van der Waals surface area contributed by atoms with Gasteiger partial charge in [-0.25, -0.2) is 14.8 Å². The van der Waals surface area contributed by atoms with E-state index in [2.05, 4.69) is 19.6 Å². The van der Waals surface area contributed by atoms with E-state index in [1.54, 1.807) is 6.33 Å². The standard InChI is InChI=1S/C13H19N3O3/c1-9-7-11(15-8-14-9)16-5-3-10(4-6-16)12(17)13(18)19-2/h7-8,10,12,17H,3-6H2,1-2H3. The van der Waals surface area contributed by atoms with Crippen molar-refractivity contribution in [3.8, 4) is 0 Å². The number of aliphatic hydroxyl groups excluding tert-OH is 1. The topological polar surface area (TPSA) is 75.6 Å². The van der Waals surface area contributed by atoms with Crippen LogP contribution >= 0.6 is 0 Å². The van der Waals surface area contributed by atoms with E-state index in [0.29, 0.717) is 0 Å². The molecule has 2 rings (SSSR count). The lowest BCUT2D eigenvalue weighted by Crippen LogP contribution is -2.41. The highest BCUT2D eigenvalue weighted by molar-refractivity contribution is 5.74. The van der Waals surface area contributed by atoms with E-state index in [0.717, 1.165) is 37.4 Å². The highest BCUT2D eigenvalue weighted by Crippen LogP contribution is 2.24. The van der Waals surface area contributed by atoms with Crippen LogP contribution in [0.4, 0.5) is 5.82 Å². The van der Waals surface area contributed by atoms with Crippen LogP contribution < -0.4 is 4.90 Å². The molecule has 1 saturated heterocycles. The number of anilines is 1. The third kappa shape index (κ3) is 3.20. The van der Waals surface area contributed by atoms with Crippen LogP contribution in [-0.4, -0.2) is 47.3 Å². The number of carbonyl (C=O) groups excluding carboxylic acids is 1. The number of piperidine rings is 1. The summed E-state index contributed by atoms with van der Waals surface area (Å²) in [5, 5.41) is 9.82. The Bertz CT molecular complexity index is 445. The van der Waals surface area contributed by atoms with Gasteiger partial charge in [-0.2, -0.15) is 0 Å². The third-order valence-corrected chi connectivity index (χ3v) is 3.54. The van der Waals surface area contributed by atoms with E-state index in [-0.39, 0.29) is 5.92 Å². The average Bonchev–Trinajstić information content (AvgIpc) is 2.46. The number of carbonyl (C=O) groups is 1. The number of nitrogens with zero attached hydrogens (tertiary/aromatic N) is 3. The Morgan fingerprint density at radius 3 is 2.74 bits per heavy atom. The molecule has 1 fully saturated rings. The van der Waals surface area contributed by atoms with Crippen molar-refractivity contribution >= 4 is 11.8 Å². The van der Waals surface area contributed by atoms with Crippen LogP contribution in [0.15, 0.2) is 12.4 Å². The van der Waals surface area contributed by atoms with Crippen molar-refractivity contribution in [1.29, 1.82) is 0 Å². The highest BCUT2D eigenvalue weighted by Gasteiger charge is 2.30. The van der Waals surface area contributed by atoms with Crippen molar-refractivity contribution in [1.82, 2.24) is 9.97 Å². The Balaban J connectivity index is 1.94. The van der Waals surface area contributed by atoms with Crippen LogP contribution in [0.3, 0.4) is 0 Å². The fourth-order valence-corrected chi connectivity index (χ4v) is 2.37. The van der Waals surface area contributed by atoms with Gasteiger partial charge in [-0.3, -0.25) is 0 Å². The maximum Gasteiger partial charge on any atom is 0.334 e. The molecule has 0 spiro atoms. The Morgan fingerprint density at radius 1 is 1.47 bits per heavy atom. The van der Waals surface area contributed by atoms with Crippen molar-refractivity contribution in [2.45, 2.75) is 25.9 Å². The summed E-state index contributed by atoms with van der Waals surface area (Å²) in [7, 11) is 1.30. The molecular weight excluding hydrogens is 246 g/mol. The molecule has 104 valence electrons. The predicted octanol–water partition coefficient (Wildman–Crippen LogP) is 0.535. The van der Waals surface area contributed by atoms with Gasteiger partial charge in [0.25, 0.3) is 0 Å². The van der Waals surface area contributed by atoms with Crippen molar-refractivity contribution < 1.29 is 14.6 Å². The van der Waals surface area contributed by atoms with E-state index in [4.69, 9.17) is 0 Å². The number of methoxy groups -OCH3 is 1. The van der Waals surface area contributed by atoms with Gasteiger partial charge in [0, 0.05) is 24.8 Å². The number of aliphatic hydroxyl groups is 1.